The number of fused-ring (bicyclic) bond motifs is 4. The molecule has 2 aliphatic carbocycles. The molecule has 0 amide bonds. The van der Waals surface area contributed by atoms with Gasteiger partial charge in [0.1, 0.15) is 0 Å². The predicted octanol–water partition coefficient (Wildman–Crippen LogP) is 10.7. The molecule has 3 aromatic rings. The Kier molecular flexibility index (Phi) is 8.19. The van der Waals surface area contributed by atoms with Crippen molar-refractivity contribution in [1.29, 1.82) is 0 Å². The zero-order chi connectivity index (χ0) is 24.3. The van der Waals surface area contributed by atoms with Gasteiger partial charge in [-0.2, -0.15) is 0 Å². The Morgan fingerprint density at radius 3 is 1.80 bits per heavy atom. The molecule has 184 valence electrons. The summed E-state index contributed by atoms with van der Waals surface area (Å²) in [6, 6.07) is 21.2. The highest BCUT2D eigenvalue weighted by atomic mass is 79.9. The average molecular weight is 594 g/mol. The molecule has 2 heteroatoms. The summed E-state index contributed by atoms with van der Waals surface area (Å²) in [6.07, 6.45) is 16.9. The second-order valence-electron chi connectivity index (χ2n) is 10.8. The van der Waals surface area contributed by atoms with Crippen LogP contribution in [0.4, 0.5) is 0 Å². The second-order valence-corrected chi connectivity index (χ2v) is 12.6. The highest BCUT2D eigenvalue weighted by Gasteiger charge is 2.42. The number of benzene rings is 3. The Labute approximate surface area is 229 Å². The molecule has 0 fully saturated rings. The van der Waals surface area contributed by atoms with Crippen molar-refractivity contribution >= 4 is 31.9 Å². The zero-order valence-corrected chi connectivity index (χ0v) is 24.3. The summed E-state index contributed by atoms with van der Waals surface area (Å²) >= 11 is 7.60. The van der Waals surface area contributed by atoms with Crippen molar-refractivity contribution in [3.63, 3.8) is 0 Å². The minimum Gasteiger partial charge on any atom is -0.0654 e. The van der Waals surface area contributed by atoms with Gasteiger partial charge in [0.15, 0.2) is 0 Å². The molecule has 0 heterocycles. The number of rotatable bonds is 12. The summed E-state index contributed by atoms with van der Waals surface area (Å²) in [4.78, 5) is 0. The minimum atomic E-state index is 0.147. The molecule has 0 bridgehead atoms. The topological polar surface area (TPSA) is 0 Å². The van der Waals surface area contributed by atoms with E-state index in [2.05, 4.69) is 93.4 Å². The van der Waals surface area contributed by atoms with E-state index in [0.717, 1.165) is 0 Å². The van der Waals surface area contributed by atoms with Crippen molar-refractivity contribution < 1.29 is 0 Å². The van der Waals surface area contributed by atoms with Crippen LogP contribution in [-0.4, -0.2) is 0 Å². The third-order valence-electron chi connectivity index (χ3n) is 8.50. The van der Waals surface area contributed by atoms with Gasteiger partial charge in [0.25, 0.3) is 0 Å². The van der Waals surface area contributed by atoms with E-state index in [-0.39, 0.29) is 5.41 Å². The Bertz CT molecular complexity index is 1120. The molecule has 0 nitrogen and oxygen atoms in total. The normalized spacial score (nSPS) is 14.8. The van der Waals surface area contributed by atoms with Crippen molar-refractivity contribution in [3.05, 3.63) is 91.4 Å². The van der Waals surface area contributed by atoms with E-state index in [1.54, 1.807) is 27.8 Å². The van der Waals surface area contributed by atoms with Gasteiger partial charge >= 0.3 is 0 Å². The molecule has 5 rings (SSSR count). The summed E-state index contributed by atoms with van der Waals surface area (Å²) in [5.41, 5.74) is 10.9. The fourth-order valence-corrected chi connectivity index (χ4v) is 7.19. The maximum absolute atomic E-state index is 3.80. The van der Waals surface area contributed by atoms with E-state index in [1.807, 2.05) is 0 Å². The van der Waals surface area contributed by atoms with Gasteiger partial charge in [0.2, 0.25) is 0 Å². The second kappa shape index (κ2) is 11.3. The summed E-state index contributed by atoms with van der Waals surface area (Å²) in [6.45, 7) is 2.31. The van der Waals surface area contributed by atoms with Crippen molar-refractivity contribution in [2.45, 2.75) is 95.8 Å². The molecule has 0 N–H and O–H groups in total. The van der Waals surface area contributed by atoms with Crippen molar-refractivity contribution in [1.82, 2.24) is 0 Å². The summed E-state index contributed by atoms with van der Waals surface area (Å²) in [7, 11) is 0. The quantitative estimate of drug-likeness (QED) is 0.183. The summed E-state index contributed by atoms with van der Waals surface area (Å²) in [5.74, 6) is 0. The first-order valence-corrected chi connectivity index (χ1v) is 15.4. The molecule has 0 atom stereocenters. The number of hydrogen-bond acceptors (Lipinski definition) is 0. The fourth-order valence-electron chi connectivity index (χ4n) is 6.47. The Morgan fingerprint density at radius 2 is 1.23 bits per heavy atom. The van der Waals surface area contributed by atoms with Crippen molar-refractivity contribution in [2.75, 3.05) is 0 Å². The van der Waals surface area contributed by atoms with Gasteiger partial charge in [-0.3, -0.25) is 0 Å². The molecule has 3 aromatic carbocycles. The van der Waals surface area contributed by atoms with Gasteiger partial charge in [-0.15, -0.1) is 0 Å². The van der Waals surface area contributed by atoms with Crippen LogP contribution in [0.3, 0.4) is 0 Å². The SMILES string of the molecule is CCCCCCC1(CCCCCCc2ccc3c(c2)CC3)c2cc(Br)ccc2-c2ccc(Br)cc21. The number of hydrogen-bond donors (Lipinski definition) is 0. The third kappa shape index (κ3) is 5.35. The van der Waals surface area contributed by atoms with Gasteiger partial charge < -0.3 is 0 Å². The molecule has 0 aromatic heterocycles. The lowest BCUT2D eigenvalue weighted by atomic mass is 9.70. The van der Waals surface area contributed by atoms with Crippen LogP contribution in [0, 0.1) is 0 Å². The molecular weight excluding hydrogens is 556 g/mol. The molecule has 0 aliphatic heterocycles. The molecule has 0 spiro atoms. The summed E-state index contributed by atoms with van der Waals surface area (Å²) < 4.78 is 2.42. The largest absolute Gasteiger partial charge is 0.0654 e. The van der Waals surface area contributed by atoms with E-state index in [0.29, 0.717) is 0 Å². The van der Waals surface area contributed by atoms with E-state index < -0.39 is 0 Å². The van der Waals surface area contributed by atoms with Gasteiger partial charge in [0.05, 0.1) is 0 Å². The summed E-state index contributed by atoms with van der Waals surface area (Å²) in [5, 5.41) is 0. The Balaban J connectivity index is 1.29. The lowest BCUT2D eigenvalue weighted by Gasteiger charge is -2.33. The highest BCUT2D eigenvalue weighted by Crippen LogP contribution is 2.55. The highest BCUT2D eigenvalue weighted by molar-refractivity contribution is 9.10. The predicted molar refractivity (Wildman–Crippen MR) is 157 cm³/mol. The van der Waals surface area contributed by atoms with E-state index in [4.69, 9.17) is 0 Å². The van der Waals surface area contributed by atoms with E-state index in [9.17, 15) is 0 Å². The molecule has 2 aliphatic rings. The number of unbranched alkanes of at least 4 members (excludes halogenated alkanes) is 6. The van der Waals surface area contributed by atoms with Gasteiger partial charge in [-0.25, -0.2) is 0 Å². The lowest BCUT2D eigenvalue weighted by molar-refractivity contribution is 0.400. The van der Waals surface area contributed by atoms with Gasteiger partial charge in [-0.05, 0) is 102 Å². The molecule has 0 saturated heterocycles. The van der Waals surface area contributed by atoms with Crippen LogP contribution < -0.4 is 0 Å². The third-order valence-corrected chi connectivity index (χ3v) is 9.48. The maximum atomic E-state index is 3.80. The number of aryl methyl sites for hydroxylation is 3. The molecule has 0 radical (unpaired) electrons. The first kappa shape index (κ1) is 25.3. The van der Waals surface area contributed by atoms with E-state index >= 15 is 0 Å². The van der Waals surface area contributed by atoms with Crippen LogP contribution in [-0.2, 0) is 24.7 Å². The van der Waals surface area contributed by atoms with Gasteiger partial charge in [-0.1, -0.05) is 114 Å². The van der Waals surface area contributed by atoms with Crippen LogP contribution in [0.5, 0.6) is 0 Å². The van der Waals surface area contributed by atoms with Crippen molar-refractivity contribution in [2.24, 2.45) is 0 Å². The Hall–Kier alpha value is -1.38. The minimum absolute atomic E-state index is 0.147. The Morgan fingerprint density at radius 1 is 0.629 bits per heavy atom. The number of halogens is 2. The smallest absolute Gasteiger partial charge is 0.0216 e. The lowest BCUT2D eigenvalue weighted by Crippen LogP contribution is -2.25. The van der Waals surface area contributed by atoms with Crippen LogP contribution in [0.25, 0.3) is 11.1 Å². The molecular formula is C33H38Br2. The van der Waals surface area contributed by atoms with Gasteiger partial charge in [0, 0.05) is 14.4 Å². The van der Waals surface area contributed by atoms with Crippen LogP contribution in [0.15, 0.2) is 63.5 Å². The average Bonchev–Trinajstić information content (AvgIpc) is 3.09. The first-order valence-electron chi connectivity index (χ1n) is 13.8. The zero-order valence-electron chi connectivity index (χ0n) is 21.1. The first-order chi connectivity index (χ1) is 17.1. The molecule has 0 saturated carbocycles. The van der Waals surface area contributed by atoms with Crippen LogP contribution in [0.1, 0.15) is 98.9 Å². The van der Waals surface area contributed by atoms with Crippen molar-refractivity contribution in [3.8, 4) is 11.1 Å². The van der Waals surface area contributed by atoms with E-state index in [1.165, 1.54) is 104 Å². The molecule has 0 unspecified atom stereocenters. The standard InChI is InChI=1S/C33H38Br2/c1-2-3-4-8-19-33(20-9-6-5-7-10-24-11-12-25-13-14-26(25)21-24)31-22-27(34)15-17-29(31)30-18-16-28(35)23-32(30)33/h11-12,15-18,21-23H,2-10,13-14,19-20H2,1H3. The van der Waals surface area contributed by atoms with Crippen LogP contribution >= 0.6 is 31.9 Å². The fraction of sp³-hybridized carbons (Fsp3) is 0.455. The molecule has 35 heavy (non-hydrogen) atoms. The monoisotopic (exact) mass is 592 g/mol. The van der Waals surface area contributed by atoms with Crippen LogP contribution in [0.2, 0.25) is 0 Å². The maximum Gasteiger partial charge on any atom is 0.0216 e.